The highest BCUT2D eigenvalue weighted by atomic mass is 16.5. The molecule has 106 valence electrons. The van der Waals surface area contributed by atoms with Crippen LogP contribution in [0.1, 0.15) is 10.4 Å². The molecule has 0 fully saturated rings. The molecule has 2 aromatic rings. The summed E-state index contributed by atoms with van der Waals surface area (Å²) in [6.45, 7) is 0. The van der Waals surface area contributed by atoms with Gasteiger partial charge in [0.15, 0.2) is 0 Å². The first-order valence-corrected chi connectivity index (χ1v) is 5.90. The molecule has 6 heteroatoms. The average Bonchev–Trinajstić information content (AvgIpc) is 2.87. The summed E-state index contributed by atoms with van der Waals surface area (Å²) < 4.78 is 15.2. The largest absolute Gasteiger partial charge is 0.497 e. The number of ether oxygens (including phenoxy) is 3. The molecule has 2 rings (SSSR count). The van der Waals surface area contributed by atoms with Crippen molar-refractivity contribution in [2.45, 2.75) is 0 Å². The highest BCUT2D eigenvalue weighted by Gasteiger charge is 2.17. The van der Waals surface area contributed by atoms with Crippen molar-refractivity contribution < 1.29 is 19.0 Å². The molecular formula is C14H16N2O4. The molecule has 0 saturated carbocycles. The number of rotatable bonds is 4. The Labute approximate surface area is 116 Å². The first kappa shape index (κ1) is 13.8. The third-order valence-electron chi connectivity index (χ3n) is 2.95. The second-order valence-corrected chi connectivity index (χ2v) is 4.07. The number of aromatic nitrogens is 1. The van der Waals surface area contributed by atoms with Crippen LogP contribution in [0.15, 0.2) is 24.3 Å². The first-order chi connectivity index (χ1) is 9.60. The van der Waals surface area contributed by atoms with Crippen LogP contribution in [0.2, 0.25) is 0 Å². The number of H-pyrrole nitrogens is 1. The highest BCUT2D eigenvalue weighted by molar-refractivity contribution is 5.96. The predicted octanol–water partition coefficient (Wildman–Crippen LogP) is 2.07. The summed E-state index contributed by atoms with van der Waals surface area (Å²) in [6, 6.07) is 6.99. The number of nitrogen functional groups attached to an aromatic ring is 1. The van der Waals surface area contributed by atoms with Gasteiger partial charge in [0, 0.05) is 5.56 Å². The summed E-state index contributed by atoms with van der Waals surface area (Å²) in [7, 11) is 4.45. The lowest BCUT2D eigenvalue weighted by atomic mass is 10.1. The van der Waals surface area contributed by atoms with Crippen LogP contribution in [-0.2, 0) is 4.74 Å². The third kappa shape index (κ3) is 2.40. The Morgan fingerprint density at radius 2 is 1.90 bits per heavy atom. The van der Waals surface area contributed by atoms with Gasteiger partial charge in [0.25, 0.3) is 0 Å². The van der Waals surface area contributed by atoms with Gasteiger partial charge in [-0.25, -0.2) is 4.79 Å². The van der Waals surface area contributed by atoms with Gasteiger partial charge < -0.3 is 24.9 Å². The number of benzene rings is 1. The first-order valence-electron chi connectivity index (χ1n) is 5.90. The maximum Gasteiger partial charge on any atom is 0.341 e. The second-order valence-electron chi connectivity index (χ2n) is 4.07. The number of aromatic amines is 1. The fourth-order valence-corrected chi connectivity index (χ4v) is 1.92. The van der Waals surface area contributed by atoms with E-state index in [1.54, 1.807) is 38.5 Å². The van der Waals surface area contributed by atoms with Crippen molar-refractivity contribution in [3.05, 3.63) is 29.8 Å². The Morgan fingerprint density at radius 1 is 1.15 bits per heavy atom. The molecule has 0 bridgehead atoms. The van der Waals surface area contributed by atoms with Crippen LogP contribution in [0.4, 0.5) is 5.82 Å². The van der Waals surface area contributed by atoms with Crippen LogP contribution in [0, 0.1) is 0 Å². The fraction of sp³-hybridized carbons (Fsp3) is 0.214. The van der Waals surface area contributed by atoms with Crippen molar-refractivity contribution in [3.8, 4) is 22.8 Å². The number of hydrogen-bond acceptors (Lipinski definition) is 5. The van der Waals surface area contributed by atoms with Gasteiger partial charge in [-0.3, -0.25) is 0 Å². The van der Waals surface area contributed by atoms with Crippen LogP contribution in [0.25, 0.3) is 11.3 Å². The molecule has 0 aliphatic rings. The molecule has 0 unspecified atom stereocenters. The number of esters is 1. The van der Waals surface area contributed by atoms with Gasteiger partial charge in [-0.05, 0) is 24.3 Å². The summed E-state index contributed by atoms with van der Waals surface area (Å²) in [5.74, 6) is 1.07. The van der Waals surface area contributed by atoms with Crippen molar-refractivity contribution in [1.29, 1.82) is 0 Å². The van der Waals surface area contributed by atoms with Crippen molar-refractivity contribution >= 4 is 11.8 Å². The summed E-state index contributed by atoms with van der Waals surface area (Å²) in [5, 5.41) is 0. The summed E-state index contributed by atoms with van der Waals surface area (Å²) in [5.41, 5.74) is 7.47. The lowest BCUT2D eigenvalue weighted by molar-refractivity contribution is 0.0602. The summed E-state index contributed by atoms with van der Waals surface area (Å²) >= 11 is 0. The van der Waals surface area contributed by atoms with Gasteiger partial charge in [-0.1, -0.05) is 0 Å². The number of nitrogens with two attached hydrogens (primary N) is 1. The molecular weight excluding hydrogens is 260 g/mol. The van der Waals surface area contributed by atoms with Crippen molar-refractivity contribution in [1.82, 2.24) is 4.98 Å². The zero-order chi connectivity index (χ0) is 14.7. The maximum absolute atomic E-state index is 11.6. The monoisotopic (exact) mass is 276 g/mol. The zero-order valence-corrected chi connectivity index (χ0v) is 11.5. The van der Waals surface area contributed by atoms with Crippen LogP contribution >= 0.6 is 0 Å². The topological polar surface area (TPSA) is 86.6 Å². The Balaban J connectivity index is 2.53. The molecule has 0 spiro atoms. The molecule has 1 aromatic heterocycles. The molecule has 3 N–H and O–H groups in total. The molecule has 6 nitrogen and oxygen atoms in total. The molecule has 0 radical (unpaired) electrons. The molecule has 0 amide bonds. The van der Waals surface area contributed by atoms with E-state index in [1.807, 2.05) is 0 Å². The molecule has 0 aliphatic carbocycles. The second kappa shape index (κ2) is 5.56. The average molecular weight is 276 g/mol. The van der Waals surface area contributed by atoms with E-state index < -0.39 is 5.97 Å². The maximum atomic E-state index is 11.6. The lowest BCUT2D eigenvalue weighted by Crippen LogP contribution is -2.02. The van der Waals surface area contributed by atoms with Crippen molar-refractivity contribution in [2.75, 3.05) is 27.1 Å². The smallest absolute Gasteiger partial charge is 0.341 e. The minimum absolute atomic E-state index is 0.247. The number of anilines is 1. The molecule has 0 atom stereocenters. The Morgan fingerprint density at radius 3 is 2.50 bits per heavy atom. The number of carbonyl (C=O) groups is 1. The minimum Gasteiger partial charge on any atom is -0.497 e. The van der Waals surface area contributed by atoms with E-state index in [2.05, 4.69) is 9.72 Å². The normalized spacial score (nSPS) is 10.2. The molecule has 0 saturated heterocycles. The van der Waals surface area contributed by atoms with Crippen molar-refractivity contribution in [2.24, 2.45) is 0 Å². The minimum atomic E-state index is -0.494. The van der Waals surface area contributed by atoms with Crippen LogP contribution in [0.3, 0.4) is 0 Å². The number of carbonyl (C=O) groups excluding carboxylic acids is 1. The lowest BCUT2D eigenvalue weighted by Gasteiger charge is -2.09. The van der Waals surface area contributed by atoms with E-state index in [4.69, 9.17) is 15.2 Å². The van der Waals surface area contributed by atoms with Crippen LogP contribution in [0.5, 0.6) is 11.5 Å². The third-order valence-corrected chi connectivity index (χ3v) is 2.95. The molecule has 20 heavy (non-hydrogen) atoms. The van der Waals surface area contributed by atoms with E-state index in [9.17, 15) is 4.79 Å². The zero-order valence-electron chi connectivity index (χ0n) is 11.5. The van der Waals surface area contributed by atoms with Gasteiger partial charge in [-0.2, -0.15) is 0 Å². The van der Waals surface area contributed by atoms with Crippen molar-refractivity contribution in [3.63, 3.8) is 0 Å². The van der Waals surface area contributed by atoms with Gasteiger partial charge >= 0.3 is 5.97 Å². The Hall–Kier alpha value is -2.63. The molecule has 0 aliphatic heterocycles. The number of hydrogen-bond donors (Lipinski definition) is 2. The number of nitrogens with one attached hydrogen (secondary N) is 1. The Bertz CT molecular complexity index is 634. The van der Waals surface area contributed by atoms with E-state index in [0.29, 0.717) is 17.2 Å². The number of methoxy groups -OCH3 is 3. The predicted molar refractivity (Wildman–Crippen MR) is 75.1 cm³/mol. The van der Waals surface area contributed by atoms with Gasteiger partial charge in [0.1, 0.15) is 22.9 Å². The SMILES string of the molecule is COC(=O)c1cc(-c2cc(OC)ccc2OC)[nH]c1N. The van der Waals surface area contributed by atoms with E-state index in [1.165, 1.54) is 7.11 Å². The van der Waals surface area contributed by atoms with Crippen LogP contribution < -0.4 is 15.2 Å². The molecule has 1 aromatic carbocycles. The Kier molecular flexibility index (Phi) is 3.84. The molecule has 1 heterocycles. The van der Waals surface area contributed by atoms with Gasteiger partial charge in [0.2, 0.25) is 0 Å². The highest BCUT2D eigenvalue weighted by Crippen LogP contribution is 2.34. The quantitative estimate of drug-likeness (QED) is 0.835. The summed E-state index contributed by atoms with van der Waals surface area (Å²) in [6.07, 6.45) is 0. The van der Waals surface area contributed by atoms with E-state index in [-0.39, 0.29) is 11.4 Å². The van der Waals surface area contributed by atoms with Gasteiger partial charge in [-0.15, -0.1) is 0 Å². The standard InChI is InChI=1S/C14H16N2O4/c1-18-8-4-5-12(19-2)9(6-8)11-7-10(13(15)16-11)14(17)20-3/h4-7,16H,15H2,1-3H3. The van der Waals surface area contributed by atoms with E-state index >= 15 is 0 Å². The van der Waals surface area contributed by atoms with Gasteiger partial charge in [0.05, 0.1) is 27.0 Å². The fourth-order valence-electron chi connectivity index (χ4n) is 1.92. The van der Waals surface area contributed by atoms with E-state index in [0.717, 1.165) is 5.56 Å². The summed E-state index contributed by atoms with van der Waals surface area (Å²) in [4.78, 5) is 14.5. The van der Waals surface area contributed by atoms with Crippen LogP contribution in [-0.4, -0.2) is 32.3 Å².